The first-order valence-corrected chi connectivity index (χ1v) is 11.3. The molecule has 1 unspecified atom stereocenters. The van der Waals surface area contributed by atoms with Crippen molar-refractivity contribution >= 4 is 33.4 Å². The Hall–Kier alpha value is -4.52. The Morgan fingerprint density at radius 1 is 0.857 bits per heavy atom. The highest BCUT2D eigenvalue weighted by Gasteiger charge is 2.30. The van der Waals surface area contributed by atoms with Crippen LogP contribution in [0, 0.1) is 0 Å². The number of carbonyl (C=O) groups is 2. The third-order valence-electron chi connectivity index (χ3n) is 5.93. The lowest BCUT2D eigenvalue weighted by Gasteiger charge is -2.18. The highest BCUT2D eigenvalue weighted by molar-refractivity contribution is 6.11. The Morgan fingerprint density at radius 2 is 1.49 bits per heavy atom. The number of Topliss-reactive ketones (excluding diaryl/α,β-unsaturated/α-hetero) is 1. The largest absolute Gasteiger partial charge is 0.444 e. The maximum atomic E-state index is 13.7. The highest BCUT2D eigenvalue weighted by Crippen LogP contribution is 2.28. The van der Waals surface area contributed by atoms with Crippen LogP contribution in [0.3, 0.4) is 0 Å². The molecule has 0 saturated carbocycles. The zero-order chi connectivity index (χ0) is 24.5. The first-order chi connectivity index (χ1) is 17.0. The summed E-state index contributed by atoms with van der Waals surface area (Å²) in [6.07, 6.45) is 0.437. The van der Waals surface area contributed by atoms with Gasteiger partial charge in [0.1, 0.15) is 0 Å². The molecule has 174 valence electrons. The number of ether oxygens (including phenoxy) is 1. The van der Waals surface area contributed by atoms with Gasteiger partial charge in [-0.2, -0.15) is 5.10 Å². The number of fused-ring (bicyclic) bond motifs is 2. The van der Waals surface area contributed by atoms with Crippen LogP contribution in [0.25, 0.3) is 21.7 Å². The molecule has 0 bridgehead atoms. The Labute approximate surface area is 201 Å². The molecule has 0 aliphatic rings. The summed E-state index contributed by atoms with van der Waals surface area (Å²) in [5, 5.41) is 5.82. The number of para-hydroxylation sites is 1. The van der Waals surface area contributed by atoms with Crippen molar-refractivity contribution in [2.24, 2.45) is 0 Å². The van der Waals surface area contributed by atoms with Gasteiger partial charge in [0.2, 0.25) is 5.78 Å². The summed E-state index contributed by atoms with van der Waals surface area (Å²) in [5.41, 5.74) is 1.47. The van der Waals surface area contributed by atoms with Crippen LogP contribution < -0.4 is 5.56 Å². The van der Waals surface area contributed by atoms with Crippen molar-refractivity contribution in [2.45, 2.75) is 26.0 Å². The van der Waals surface area contributed by atoms with Gasteiger partial charge in [-0.1, -0.05) is 66.7 Å². The molecule has 0 saturated heterocycles. The fraction of sp³-hybridized carbons (Fsp3) is 0.143. The molecule has 7 heteroatoms. The van der Waals surface area contributed by atoms with E-state index in [1.54, 1.807) is 54.7 Å². The summed E-state index contributed by atoms with van der Waals surface area (Å²) in [6, 6.07) is 22.8. The summed E-state index contributed by atoms with van der Waals surface area (Å²) in [6.45, 7) is 3.62. The van der Waals surface area contributed by atoms with Crippen molar-refractivity contribution in [3.63, 3.8) is 0 Å². The molecule has 7 nitrogen and oxygen atoms in total. The number of rotatable bonds is 6. The predicted octanol–water partition coefficient (Wildman–Crippen LogP) is 5.24. The number of hydrogen-bond acceptors (Lipinski definition) is 5. The van der Waals surface area contributed by atoms with E-state index in [-0.39, 0.29) is 23.1 Å². The lowest BCUT2D eigenvalue weighted by atomic mass is 9.99. The van der Waals surface area contributed by atoms with E-state index >= 15 is 0 Å². The van der Waals surface area contributed by atoms with Crippen molar-refractivity contribution in [3.8, 4) is 0 Å². The quantitative estimate of drug-likeness (QED) is 0.273. The number of H-pyrrole nitrogens is 1. The van der Waals surface area contributed by atoms with Crippen LogP contribution in [0.5, 0.6) is 0 Å². The van der Waals surface area contributed by atoms with E-state index in [4.69, 9.17) is 4.74 Å². The van der Waals surface area contributed by atoms with E-state index in [9.17, 15) is 14.4 Å². The Kier molecular flexibility index (Phi) is 5.74. The van der Waals surface area contributed by atoms with Gasteiger partial charge in [0.05, 0.1) is 11.4 Å². The highest BCUT2D eigenvalue weighted by atomic mass is 16.5. The molecule has 0 aliphatic heterocycles. The van der Waals surface area contributed by atoms with Crippen LogP contribution in [-0.4, -0.2) is 26.5 Å². The van der Waals surface area contributed by atoms with E-state index in [1.165, 1.54) is 4.68 Å². The average Bonchev–Trinajstić information content (AvgIpc) is 3.32. The Balaban J connectivity index is 1.60. The molecule has 5 rings (SSSR count). The summed E-state index contributed by atoms with van der Waals surface area (Å²) in [4.78, 5) is 43.2. The Bertz CT molecular complexity index is 1620. The molecule has 0 fully saturated rings. The van der Waals surface area contributed by atoms with Gasteiger partial charge < -0.3 is 9.72 Å². The molecule has 1 atom stereocenters. The zero-order valence-electron chi connectivity index (χ0n) is 19.3. The first kappa shape index (κ1) is 22.3. The van der Waals surface area contributed by atoms with Crippen molar-refractivity contribution in [3.05, 3.63) is 112 Å². The number of carbonyl (C=O) groups excluding carboxylic acids is 2. The molecule has 0 aliphatic carbocycles. The van der Waals surface area contributed by atoms with Gasteiger partial charge in [-0.25, -0.2) is 9.48 Å². The fourth-order valence-electron chi connectivity index (χ4n) is 4.19. The molecule has 3 aromatic carbocycles. The lowest BCUT2D eigenvalue weighted by molar-refractivity contribution is 0.0274. The van der Waals surface area contributed by atoms with Crippen LogP contribution in [-0.2, 0) is 4.74 Å². The second kappa shape index (κ2) is 9.02. The zero-order valence-corrected chi connectivity index (χ0v) is 19.3. The maximum absolute atomic E-state index is 13.7. The third-order valence-corrected chi connectivity index (χ3v) is 5.93. The van der Waals surface area contributed by atoms with Gasteiger partial charge in [-0.3, -0.25) is 9.59 Å². The van der Waals surface area contributed by atoms with Crippen LogP contribution in [0.15, 0.2) is 89.9 Å². The predicted molar refractivity (Wildman–Crippen MR) is 134 cm³/mol. The first-order valence-electron chi connectivity index (χ1n) is 11.3. The lowest BCUT2D eigenvalue weighted by Crippen LogP contribution is -2.29. The minimum Gasteiger partial charge on any atom is -0.444 e. The summed E-state index contributed by atoms with van der Waals surface area (Å²) in [5.74, 6) is -1.14. The molecule has 5 aromatic rings. The average molecular weight is 466 g/mol. The molecule has 0 radical (unpaired) electrons. The molecule has 2 aromatic heterocycles. The number of nitrogens with one attached hydrogen (secondary N) is 1. The molecular weight excluding hydrogens is 442 g/mol. The van der Waals surface area contributed by atoms with E-state index in [0.717, 1.165) is 10.9 Å². The van der Waals surface area contributed by atoms with Gasteiger partial charge in [0.25, 0.3) is 5.56 Å². The SMILES string of the molecule is CC(C)n1nc(C(=O)OC(C(=O)c2c[nH]c3ccccc23)c2ccccc2)c2ccccc2c1=O. The number of aromatic amines is 1. The Morgan fingerprint density at radius 3 is 2.20 bits per heavy atom. The topological polar surface area (TPSA) is 94.1 Å². The fourth-order valence-corrected chi connectivity index (χ4v) is 4.19. The molecule has 0 spiro atoms. The van der Waals surface area contributed by atoms with E-state index in [0.29, 0.717) is 21.9 Å². The van der Waals surface area contributed by atoms with E-state index in [2.05, 4.69) is 10.1 Å². The molecule has 35 heavy (non-hydrogen) atoms. The van der Waals surface area contributed by atoms with Gasteiger partial charge in [0.15, 0.2) is 11.8 Å². The smallest absolute Gasteiger partial charge is 0.360 e. The van der Waals surface area contributed by atoms with Crippen molar-refractivity contribution in [1.82, 2.24) is 14.8 Å². The van der Waals surface area contributed by atoms with E-state index < -0.39 is 12.1 Å². The van der Waals surface area contributed by atoms with E-state index in [1.807, 2.05) is 44.2 Å². The van der Waals surface area contributed by atoms with Crippen LogP contribution in [0.4, 0.5) is 0 Å². The minimum atomic E-state index is -1.19. The van der Waals surface area contributed by atoms with Gasteiger partial charge >= 0.3 is 5.97 Å². The standard InChI is InChI=1S/C28H23N3O4/c1-17(2)31-27(33)21-14-7-6-13-20(21)24(30-31)28(34)35-26(18-10-4-3-5-11-18)25(32)22-16-29-23-15-9-8-12-19(22)23/h3-17,26,29H,1-2H3. The normalized spacial score (nSPS) is 12.2. The molecule has 0 amide bonds. The van der Waals surface area contributed by atoms with Gasteiger partial charge in [-0.05, 0) is 26.0 Å². The van der Waals surface area contributed by atoms with Crippen molar-refractivity contribution in [1.29, 1.82) is 0 Å². The molecule has 1 N–H and O–H groups in total. The summed E-state index contributed by atoms with van der Waals surface area (Å²) < 4.78 is 7.12. The summed E-state index contributed by atoms with van der Waals surface area (Å²) in [7, 11) is 0. The number of esters is 1. The van der Waals surface area contributed by atoms with Gasteiger partial charge in [-0.15, -0.1) is 0 Å². The number of hydrogen-bond donors (Lipinski definition) is 1. The van der Waals surface area contributed by atoms with Crippen molar-refractivity contribution < 1.29 is 14.3 Å². The third kappa shape index (κ3) is 4.01. The number of aromatic nitrogens is 3. The molecular formula is C28H23N3O4. The van der Waals surface area contributed by atoms with Crippen molar-refractivity contribution in [2.75, 3.05) is 0 Å². The monoisotopic (exact) mass is 465 g/mol. The second-order valence-corrected chi connectivity index (χ2v) is 8.55. The van der Waals surface area contributed by atoms with Crippen LogP contribution in [0.1, 0.15) is 52.4 Å². The molecule has 2 heterocycles. The summed E-state index contributed by atoms with van der Waals surface area (Å²) >= 11 is 0. The van der Waals surface area contributed by atoms with Gasteiger partial charge in [0, 0.05) is 33.6 Å². The second-order valence-electron chi connectivity index (χ2n) is 8.55. The number of benzene rings is 3. The minimum absolute atomic E-state index is 0.0124. The number of nitrogens with zero attached hydrogens (tertiary/aromatic N) is 2. The number of ketones is 1. The van der Waals surface area contributed by atoms with Crippen LogP contribution >= 0.6 is 0 Å². The van der Waals surface area contributed by atoms with Crippen LogP contribution in [0.2, 0.25) is 0 Å². The maximum Gasteiger partial charge on any atom is 0.360 e.